The maximum Gasteiger partial charge on any atom is 0.227 e. The van der Waals surface area contributed by atoms with E-state index in [9.17, 15) is 9.59 Å². The molecule has 2 aromatic carbocycles. The second-order valence-electron chi connectivity index (χ2n) is 6.54. The van der Waals surface area contributed by atoms with Crippen molar-refractivity contribution in [2.45, 2.75) is 33.2 Å². The number of benzene rings is 2. The van der Waals surface area contributed by atoms with Gasteiger partial charge in [0, 0.05) is 25.2 Å². The molecule has 2 aromatic rings. The molecule has 1 saturated heterocycles. The molecular weight excluding hydrogens is 312 g/mol. The van der Waals surface area contributed by atoms with E-state index >= 15 is 0 Å². The van der Waals surface area contributed by atoms with Gasteiger partial charge in [0.2, 0.25) is 11.8 Å². The van der Waals surface area contributed by atoms with Gasteiger partial charge < -0.3 is 10.2 Å². The zero-order valence-electron chi connectivity index (χ0n) is 14.8. The van der Waals surface area contributed by atoms with Gasteiger partial charge in [-0.2, -0.15) is 0 Å². The predicted octanol–water partition coefficient (Wildman–Crippen LogP) is 3.23. The van der Waals surface area contributed by atoms with E-state index in [-0.39, 0.29) is 24.2 Å². The lowest BCUT2D eigenvalue weighted by atomic mass is 10.0. The number of aryl methyl sites for hydroxylation is 2. The van der Waals surface area contributed by atoms with Crippen molar-refractivity contribution in [2.75, 3.05) is 11.4 Å². The maximum absolute atomic E-state index is 12.5. The SMILES string of the molecule is CCc1cccc(C)c1N1CC(C(=O)NCc2ccccc2)CC1=O. The average molecular weight is 336 g/mol. The van der Waals surface area contributed by atoms with E-state index in [0.29, 0.717) is 13.1 Å². The van der Waals surface area contributed by atoms with Crippen molar-refractivity contribution in [3.63, 3.8) is 0 Å². The molecule has 0 saturated carbocycles. The fourth-order valence-electron chi connectivity index (χ4n) is 3.42. The summed E-state index contributed by atoms with van der Waals surface area (Å²) < 4.78 is 0. The second kappa shape index (κ2) is 7.51. The van der Waals surface area contributed by atoms with E-state index in [1.807, 2.05) is 49.4 Å². The Morgan fingerprint density at radius 1 is 1.16 bits per heavy atom. The van der Waals surface area contributed by atoms with Crippen LogP contribution in [0, 0.1) is 12.8 Å². The lowest BCUT2D eigenvalue weighted by Gasteiger charge is -2.22. The van der Waals surface area contributed by atoms with Gasteiger partial charge in [-0.15, -0.1) is 0 Å². The molecule has 0 aromatic heterocycles. The average Bonchev–Trinajstić information content (AvgIpc) is 3.01. The van der Waals surface area contributed by atoms with Crippen molar-refractivity contribution in [2.24, 2.45) is 5.92 Å². The minimum Gasteiger partial charge on any atom is -0.352 e. The Hall–Kier alpha value is -2.62. The topological polar surface area (TPSA) is 49.4 Å². The smallest absolute Gasteiger partial charge is 0.227 e. The zero-order valence-corrected chi connectivity index (χ0v) is 14.8. The van der Waals surface area contributed by atoms with Crippen LogP contribution in [0.1, 0.15) is 30.0 Å². The summed E-state index contributed by atoms with van der Waals surface area (Å²) in [6, 6.07) is 15.9. The Labute approximate surface area is 148 Å². The summed E-state index contributed by atoms with van der Waals surface area (Å²) in [5, 5.41) is 2.96. The van der Waals surface area contributed by atoms with Crippen LogP contribution >= 0.6 is 0 Å². The number of nitrogens with zero attached hydrogens (tertiary/aromatic N) is 1. The van der Waals surface area contributed by atoms with Crippen molar-refractivity contribution in [3.05, 3.63) is 65.2 Å². The van der Waals surface area contributed by atoms with Crippen molar-refractivity contribution >= 4 is 17.5 Å². The van der Waals surface area contributed by atoms with Crippen molar-refractivity contribution < 1.29 is 9.59 Å². The van der Waals surface area contributed by atoms with Gasteiger partial charge in [0.05, 0.1) is 5.92 Å². The number of para-hydroxylation sites is 1. The minimum atomic E-state index is -0.291. The van der Waals surface area contributed by atoms with E-state index in [1.165, 1.54) is 0 Å². The Bertz CT molecular complexity index is 771. The highest BCUT2D eigenvalue weighted by Crippen LogP contribution is 2.31. The summed E-state index contributed by atoms with van der Waals surface area (Å²) in [6.07, 6.45) is 1.14. The molecule has 4 nitrogen and oxygen atoms in total. The molecule has 1 atom stereocenters. The molecular formula is C21H24N2O2. The fraction of sp³-hybridized carbons (Fsp3) is 0.333. The van der Waals surface area contributed by atoms with Gasteiger partial charge in [-0.05, 0) is 30.0 Å². The lowest BCUT2D eigenvalue weighted by molar-refractivity contribution is -0.126. The Morgan fingerprint density at radius 3 is 2.64 bits per heavy atom. The molecule has 1 aliphatic heterocycles. The molecule has 4 heteroatoms. The van der Waals surface area contributed by atoms with Crippen LogP contribution in [0.5, 0.6) is 0 Å². The predicted molar refractivity (Wildman–Crippen MR) is 99.3 cm³/mol. The first-order chi connectivity index (χ1) is 12.1. The molecule has 0 spiro atoms. The van der Waals surface area contributed by atoms with Crippen molar-refractivity contribution in [1.82, 2.24) is 5.32 Å². The summed E-state index contributed by atoms with van der Waals surface area (Å²) in [4.78, 5) is 26.8. The van der Waals surface area contributed by atoms with Crippen LogP contribution in [0.2, 0.25) is 0 Å². The summed E-state index contributed by atoms with van der Waals surface area (Å²) in [5.41, 5.74) is 4.27. The van der Waals surface area contributed by atoms with Gasteiger partial charge in [0.1, 0.15) is 0 Å². The number of anilines is 1. The van der Waals surface area contributed by atoms with E-state index in [2.05, 4.69) is 18.3 Å². The highest BCUT2D eigenvalue weighted by Gasteiger charge is 2.36. The molecule has 0 radical (unpaired) electrons. The van der Waals surface area contributed by atoms with Crippen LogP contribution < -0.4 is 10.2 Å². The fourth-order valence-corrected chi connectivity index (χ4v) is 3.42. The standard InChI is InChI=1S/C21H24N2O2/c1-3-17-11-7-8-15(2)20(17)23-14-18(12-19(23)24)21(25)22-13-16-9-5-4-6-10-16/h4-11,18H,3,12-14H2,1-2H3,(H,22,25). The molecule has 3 rings (SSSR count). The van der Waals surface area contributed by atoms with E-state index in [4.69, 9.17) is 0 Å². The third-order valence-electron chi connectivity index (χ3n) is 4.78. The van der Waals surface area contributed by atoms with E-state index in [0.717, 1.165) is 28.8 Å². The molecule has 130 valence electrons. The molecule has 2 amide bonds. The third kappa shape index (κ3) is 3.73. The first-order valence-electron chi connectivity index (χ1n) is 8.80. The molecule has 1 unspecified atom stereocenters. The van der Waals surface area contributed by atoms with Crippen LogP contribution in [0.3, 0.4) is 0 Å². The Kier molecular flexibility index (Phi) is 5.17. The highest BCUT2D eigenvalue weighted by molar-refractivity contribution is 6.01. The number of hydrogen-bond donors (Lipinski definition) is 1. The van der Waals surface area contributed by atoms with Crippen LogP contribution in [-0.4, -0.2) is 18.4 Å². The molecule has 1 N–H and O–H groups in total. The van der Waals surface area contributed by atoms with Crippen LogP contribution in [0.25, 0.3) is 0 Å². The van der Waals surface area contributed by atoms with Gasteiger partial charge in [0.25, 0.3) is 0 Å². The largest absolute Gasteiger partial charge is 0.352 e. The third-order valence-corrected chi connectivity index (χ3v) is 4.78. The van der Waals surface area contributed by atoms with Gasteiger partial charge in [-0.25, -0.2) is 0 Å². The maximum atomic E-state index is 12.5. The number of nitrogens with one attached hydrogen (secondary N) is 1. The van der Waals surface area contributed by atoms with E-state index < -0.39 is 0 Å². The van der Waals surface area contributed by atoms with Crippen molar-refractivity contribution in [1.29, 1.82) is 0 Å². The van der Waals surface area contributed by atoms with Crippen LogP contribution in [0.15, 0.2) is 48.5 Å². The summed E-state index contributed by atoms with van der Waals surface area (Å²) >= 11 is 0. The van der Waals surface area contributed by atoms with Gasteiger partial charge in [-0.3, -0.25) is 9.59 Å². The zero-order chi connectivity index (χ0) is 17.8. The van der Waals surface area contributed by atoms with Gasteiger partial charge >= 0.3 is 0 Å². The van der Waals surface area contributed by atoms with Gasteiger partial charge in [-0.1, -0.05) is 55.5 Å². The summed E-state index contributed by atoms with van der Waals surface area (Å²) in [6.45, 7) is 5.06. The molecule has 0 bridgehead atoms. The normalized spacial score (nSPS) is 17.0. The van der Waals surface area contributed by atoms with Crippen LogP contribution in [-0.2, 0) is 22.6 Å². The molecule has 25 heavy (non-hydrogen) atoms. The monoisotopic (exact) mass is 336 g/mol. The van der Waals surface area contributed by atoms with Crippen LogP contribution in [0.4, 0.5) is 5.69 Å². The highest BCUT2D eigenvalue weighted by atomic mass is 16.2. The molecule has 1 heterocycles. The number of carbonyl (C=O) groups is 2. The number of amides is 2. The molecule has 1 aliphatic rings. The number of carbonyl (C=O) groups excluding carboxylic acids is 2. The Morgan fingerprint density at radius 2 is 1.92 bits per heavy atom. The number of rotatable bonds is 5. The van der Waals surface area contributed by atoms with Crippen molar-refractivity contribution in [3.8, 4) is 0 Å². The Balaban J connectivity index is 1.69. The molecule has 0 aliphatic carbocycles. The van der Waals surface area contributed by atoms with Gasteiger partial charge in [0.15, 0.2) is 0 Å². The number of hydrogen-bond acceptors (Lipinski definition) is 2. The summed E-state index contributed by atoms with van der Waals surface area (Å²) in [7, 11) is 0. The summed E-state index contributed by atoms with van der Waals surface area (Å²) in [5.74, 6) is -0.310. The molecule has 1 fully saturated rings. The minimum absolute atomic E-state index is 0.0314. The lowest BCUT2D eigenvalue weighted by Crippen LogP contribution is -2.33. The second-order valence-corrected chi connectivity index (χ2v) is 6.54. The quantitative estimate of drug-likeness (QED) is 0.911. The first kappa shape index (κ1) is 17.2. The first-order valence-corrected chi connectivity index (χ1v) is 8.80. The van der Waals surface area contributed by atoms with E-state index in [1.54, 1.807) is 4.90 Å².